The summed E-state index contributed by atoms with van der Waals surface area (Å²) in [4.78, 5) is 55.2. The van der Waals surface area contributed by atoms with Gasteiger partial charge in [-0.2, -0.15) is 0 Å². The topological polar surface area (TPSA) is 86.8 Å². The molecule has 212 valence electrons. The normalized spacial score (nSPS) is 14.5. The van der Waals surface area contributed by atoms with Crippen molar-refractivity contribution in [3.05, 3.63) is 101 Å². The third kappa shape index (κ3) is 5.20. The van der Waals surface area contributed by atoms with Crippen LogP contribution < -0.4 is 10.2 Å². The van der Waals surface area contributed by atoms with Gasteiger partial charge in [0.2, 0.25) is 0 Å². The molecule has 3 aromatic rings. The van der Waals surface area contributed by atoms with Gasteiger partial charge in [-0.05, 0) is 80.3 Å². The number of anilines is 2. The van der Waals surface area contributed by atoms with Crippen LogP contribution >= 0.6 is 0 Å². The van der Waals surface area contributed by atoms with Crippen molar-refractivity contribution in [2.45, 2.75) is 66.3 Å². The van der Waals surface area contributed by atoms with Gasteiger partial charge in [0.25, 0.3) is 23.6 Å². The van der Waals surface area contributed by atoms with Gasteiger partial charge in [-0.25, -0.2) is 4.90 Å². The van der Waals surface area contributed by atoms with Gasteiger partial charge >= 0.3 is 0 Å². The Morgan fingerprint density at radius 3 is 1.68 bits per heavy atom. The Morgan fingerprint density at radius 2 is 1.20 bits per heavy atom. The lowest BCUT2D eigenvalue weighted by atomic mass is 9.87. The van der Waals surface area contributed by atoms with E-state index in [1.807, 2.05) is 46.8 Å². The van der Waals surface area contributed by atoms with E-state index in [1.165, 1.54) is 6.07 Å². The smallest absolute Gasteiger partial charge is 0.266 e. The second-order valence-electron chi connectivity index (χ2n) is 12.0. The van der Waals surface area contributed by atoms with E-state index in [4.69, 9.17) is 0 Å². The minimum atomic E-state index is -0.499. The van der Waals surface area contributed by atoms with Gasteiger partial charge < -0.3 is 10.2 Å². The lowest BCUT2D eigenvalue weighted by Gasteiger charge is -2.32. The molecule has 7 nitrogen and oxygen atoms in total. The number of rotatable bonds is 3. The Morgan fingerprint density at radius 1 is 0.707 bits per heavy atom. The monoisotopic (exact) mass is 551 g/mol. The maximum atomic E-state index is 13.3. The Balaban J connectivity index is 0.00000189. The zero-order valence-corrected chi connectivity index (χ0v) is 25.0. The van der Waals surface area contributed by atoms with E-state index in [1.54, 1.807) is 47.4 Å². The zero-order chi connectivity index (χ0) is 30.4. The number of amides is 4. The number of benzene rings is 3. The van der Waals surface area contributed by atoms with Gasteiger partial charge in [0.1, 0.15) is 0 Å². The van der Waals surface area contributed by atoms with Gasteiger partial charge in [0.05, 0.1) is 22.4 Å². The van der Waals surface area contributed by atoms with Crippen molar-refractivity contribution in [1.29, 1.82) is 0 Å². The number of hydrogen-bond donors (Lipinski definition) is 1. The van der Waals surface area contributed by atoms with E-state index in [9.17, 15) is 19.2 Å². The van der Waals surface area contributed by atoms with Crippen molar-refractivity contribution >= 4 is 40.7 Å². The molecule has 1 N–H and O–H groups in total. The van der Waals surface area contributed by atoms with E-state index < -0.39 is 17.4 Å². The summed E-state index contributed by atoms with van der Waals surface area (Å²) in [6.07, 6.45) is 0. The molecule has 0 saturated heterocycles. The summed E-state index contributed by atoms with van der Waals surface area (Å²) in [6.45, 7) is 20.1. The van der Waals surface area contributed by atoms with Crippen molar-refractivity contribution in [2.24, 2.45) is 0 Å². The minimum absolute atomic E-state index is 0.00861. The van der Waals surface area contributed by atoms with Crippen LogP contribution in [0.25, 0.3) is 5.70 Å². The zero-order valence-electron chi connectivity index (χ0n) is 25.0. The average molecular weight is 552 g/mol. The molecule has 2 aliphatic rings. The van der Waals surface area contributed by atoms with E-state index >= 15 is 0 Å². The van der Waals surface area contributed by atoms with Gasteiger partial charge in [-0.3, -0.25) is 19.2 Å². The second-order valence-corrected chi connectivity index (χ2v) is 12.0. The largest absolute Gasteiger partial charge is 0.322 e. The first kappa shape index (κ1) is 29.5. The Hall–Kier alpha value is -4.52. The van der Waals surface area contributed by atoms with Crippen molar-refractivity contribution in [2.75, 3.05) is 10.2 Å². The molecule has 7 heteroatoms. The highest BCUT2D eigenvalue weighted by molar-refractivity contribution is 6.35. The molecule has 0 aliphatic carbocycles. The number of carbonyl (C=O) groups excluding carboxylic acids is 4. The van der Waals surface area contributed by atoms with Crippen LogP contribution in [0.3, 0.4) is 0 Å². The van der Waals surface area contributed by atoms with Crippen LogP contribution in [-0.2, 0) is 5.41 Å². The molecule has 0 bridgehead atoms. The molecular formula is C34H37N3O4. The van der Waals surface area contributed by atoms with Gasteiger partial charge in [-0.1, -0.05) is 53.3 Å². The number of fused-ring (bicyclic) bond motifs is 2. The van der Waals surface area contributed by atoms with E-state index in [0.29, 0.717) is 33.8 Å². The molecule has 2 heterocycles. The molecule has 0 fully saturated rings. The molecule has 0 spiro atoms. The summed E-state index contributed by atoms with van der Waals surface area (Å²) in [5.41, 5.74) is 3.92. The molecule has 3 aromatic carbocycles. The fourth-order valence-electron chi connectivity index (χ4n) is 5.03. The van der Waals surface area contributed by atoms with Crippen LogP contribution in [0.5, 0.6) is 0 Å². The molecular weight excluding hydrogens is 514 g/mol. The first-order valence-electron chi connectivity index (χ1n) is 13.8. The van der Waals surface area contributed by atoms with E-state index in [-0.39, 0.29) is 28.4 Å². The number of hydrogen-bond acceptors (Lipinski definition) is 4. The molecule has 0 aromatic heterocycles. The van der Waals surface area contributed by atoms with Crippen LogP contribution in [0.15, 0.2) is 67.2 Å². The van der Waals surface area contributed by atoms with Crippen LogP contribution in [-0.4, -0.2) is 34.1 Å². The summed E-state index contributed by atoms with van der Waals surface area (Å²) in [5, 5.41) is 2.85. The fraction of sp³-hybridized carbons (Fsp3) is 0.294. The first-order valence-corrected chi connectivity index (χ1v) is 13.8. The maximum Gasteiger partial charge on any atom is 0.266 e. The molecule has 5 rings (SSSR count). The molecule has 0 saturated carbocycles. The summed E-state index contributed by atoms with van der Waals surface area (Å²) in [6, 6.07) is 17.1. The fourth-order valence-corrected chi connectivity index (χ4v) is 5.03. The molecule has 0 unspecified atom stereocenters. The number of imide groups is 1. The molecule has 0 radical (unpaired) electrons. The lowest BCUT2D eigenvalue weighted by Crippen LogP contribution is -2.40. The van der Waals surface area contributed by atoms with E-state index in [0.717, 1.165) is 10.5 Å². The van der Waals surface area contributed by atoms with Gasteiger partial charge in [-0.15, -0.1) is 0 Å². The second kappa shape index (κ2) is 10.5. The third-order valence-corrected chi connectivity index (χ3v) is 7.11. The Kier molecular flexibility index (Phi) is 7.52. The molecule has 4 amide bonds. The summed E-state index contributed by atoms with van der Waals surface area (Å²) >= 11 is 0. The molecule has 41 heavy (non-hydrogen) atoms. The lowest BCUT2D eigenvalue weighted by molar-refractivity contribution is 0.0749. The van der Waals surface area contributed by atoms with Crippen LogP contribution in [0.2, 0.25) is 0 Å². The average Bonchev–Trinajstić information content (AvgIpc) is 3.32. The maximum absolute atomic E-state index is 13.3. The van der Waals surface area contributed by atoms with Crippen molar-refractivity contribution in [1.82, 2.24) is 4.90 Å². The summed E-state index contributed by atoms with van der Waals surface area (Å²) in [5.74, 6) is -1.46. The highest BCUT2D eigenvalue weighted by atomic mass is 16.2. The first-order chi connectivity index (χ1) is 19.2. The Labute approximate surface area is 241 Å². The third-order valence-electron chi connectivity index (χ3n) is 7.11. The predicted molar refractivity (Wildman–Crippen MR) is 163 cm³/mol. The number of carbonyl (C=O) groups is 4. The van der Waals surface area contributed by atoms with E-state index in [2.05, 4.69) is 32.7 Å². The predicted octanol–water partition coefficient (Wildman–Crippen LogP) is 7.29. The van der Waals surface area contributed by atoms with Crippen LogP contribution in [0, 0.1) is 0 Å². The number of nitrogens with one attached hydrogen (secondary N) is 1. The highest BCUT2D eigenvalue weighted by Crippen LogP contribution is 2.40. The summed E-state index contributed by atoms with van der Waals surface area (Å²) < 4.78 is 0. The van der Waals surface area contributed by atoms with Gasteiger partial charge in [0, 0.05) is 28.1 Å². The molecule has 0 atom stereocenters. The quantitative estimate of drug-likeness (QED) is 0.346. The standard InChI is InChI=1S/C32H31N3O4.C2H6/c1-18-23-16-25-26(17-24(23)30(39)35(18)32(5,6)7)29(38)34(28(25)37)22-14-12-21(13-15-22)33-27(36)19-8-10-20(11-9-19)31(2,3)4;1-2/h8-17H,1H2,2-7H3,(H,33,36);1-2H3. The number of nitrogens with zero attached hydrogens (tertiary/aromatic N) is 2. The highest BCUT2D eigenvalue weighted by Gasteiger charge is 2.43. The Bertz CT molecular complexity index is 1520. The molecule has 2 aliphatic heterocycles. The van der Waals surface area contributed by atoms with Crippen molar-refractivity contribution in [3.63, 3.8) is 0 Å². The van der Waals surface area contributed by atoms with Crippen molar-refractivity contribution in [3.8, 4) is 0 Å². The SMILES string of the molecule is C=C1c2cc3c(cc2C(=O)N1C(C)(C)C)C(=O)N(c1ccc(NC(=O)c2ccc(C(C)(C)C)cc2)cc1)C3=O.CC. The minimum Gasteiger partial charge on any atom is -0.322 e. The van der Waals surface area contributed by atoms with Crippen molar-refractivity contribution < 1.29 is 19.2 Å². The van der Waals surface area contributed by atoms with Crippen LogP contribution in [0.4, 0.5) is 11.4 Å². The van der Waals surface area contributed by atoms with Gasteiger partial charge in [0.15, 0.2) is 0 Å². The van der Waals surface area contributed by atoms with Crippen LogP contribution in [0.1, 0.15) is 108 Å². The summed E-state index contributed by atoms with van der Waals surface area (Å²) in [7, 11) is 0.